The second-order valence-electron chi connectivity index (χ2n) is 9.20. The van der Waals surface area contributed by atoms with Crippen LogP contribution in [0.15, 0.2) is 102 Å². The van der Waals surface area contributed by atoms with E-state index in [4.69, 9.17) is 9.84 Å². The fourth-order valence-corrected chi connectivity index (χ4v) is 6.74. The summed E-state index contributed by atoms with van der Waals surface area (Å²) in [6.07, 6.45) is 0. The summed E-state index contributed by atoms with van der Waals surface area (Å²) in [5.41, 5.74) is 5.16. The minimum atomic E-state index is -0.284. The van der Waals surface area contributed by atoms with Crippen molar-refractivity contribution in [3.8, 4) is 22.7 Å². The number of benzene rings is 3. The van der Waals surface area contributed by atoms with Gasteiger partial charge >= 0.3 is 0 Å². The molecule has 9 heteroatoms. The summed E-state index contributed by atoms with van der Waals surface area (Å²) in [7, 11) is 1.62. The Morgan fingerprint density at radius 3 is 2.40 bits per heavy atom. The third kappa shape index (κ3) is 5.13. The van der Waals surface area contributed by atoms with Crippen LogP contribution in [0.1, 0.15) is 16.4 Å². The number of methoxy groups -OCH3 is 1. The van der Waals surface area contributed by atoms with Crippen molar-refractivity contribution in [3.05, 3.63) is 113 Å². The Hall–Kier alpha value is -4.34. The maximum Gasteiger partial charge on any atom is 0.244 e. The number of thiophene rings is 1. The Morgan fingerprint density at radius 1 is 1.00 bits per heavy atom. The molecule has 0 spiro atoms. The molecule has 1 aliphatic rings. The van der Waals surface area contributed by atoms with Crippen molar-refractivity contribution in [2.24, 2.45) is 0 Å². The van der Waals surface area contributed by atoms with Crippen LogP contribution in [0.5, 0.6) is 5.75 Å². The van der Waals surface area contributed by atoms with Gasteiger partial charge in [0.15, 0.2) is 0 Å². The van der Waals surface area contributed by atoms with Gasteiger partial charge in [0.25, 0.3) is 0 Å². The Bertz CT molecular complexity index is 1620. The lowest BCUT2D eigenvalue weighted by molar-refractivity contribution is -0.120. The molecular formula is C31H26N4O3S2. The molecule has 0 unspecified atom stereocenters. The first kappa shape index (κ1) is 25.9. The van der Waals surface area contributed by atoms with Gasteiger partial charge in [-0.1, -0.05) is 48.5 Å². The van der Waals surface area contributed by atoms with Gasteiger partial charge in [0.05, 0.1) is 29.5 Å². The third-order valence-corrected chi connectivity index (χ3v) is 8.61. The normalized spacial score (nSPS) is 14.9. The molecule has 5 aromatic rings. The van der Waals surface area contributed by atoms with Gasteiger partial charge in [-0.25, -0.2) is 4.68 Å². The van der Waals surface area contributed by atoms with Gasteiger partial charge in [0.1, 0.15) is 18.1 Å². The quantitative estimate of drug-likeness (QED) is 0.246. The van der Waals surface area contributed by atoms with Gasteiger partial charge in [0, 0.05) is 16.8 Å². The van der Waals surface area contributed by atoms with Crippen molar-refractivity contribution in [3.63, 3.8) is 0 Å². The molecule has 0 aliphatic carbocycles. The summed E-state index contributed by atoms with van der Waals surface area (Å²) in [5, 5.41) is 12.0. The van der Waals surface area contributed by atoms with E-state index in [1.165, 1.54) is 0 Å². The molecule has 1 aliphatic heterocycles. The Labute approximate surface area is 240 Å². The van der Waals surface area contributed by atoms with E-state index in [0.717, 1.165) is 28.1 Å². The lowest BCUT2D eigenvalue weighted by atomic mass is 10.0. The van der Waals surface area contributed by atoms with Gasteiger partial charge in [-0.3, -0.25) is 14.5 Å². The van der Waals surface area contributed by atoms with Gasteiger partial charge in [-0.05, 0) is 58.8 Å². The standard InChI is InChI=1S/C31H26N4O3S2/c1-38-25-14-12-24(13-15-25)35-31-28(29(33-35)21-8-4-2-5-9-21)30(22-16-17-39-19-22)40-20-27(37)34(31)18-26(36)32-23-10-6-3-7-11-23/h2-17,19,30H,18,20H2,1H3,(H,32,36)/t30-/m0/s1. The molecule has 0 fully saturated rings. The van der Waals surface area contributed by atoms with E-state index in [1.54, 1.807) is 39.8 Å². The Morgan fingerprint density at radius 2 is 1.73 bits per heavy atom. The van der Waals surface area contributed by atoms with Gasteiger partial charge < -0.3 is 10.1 Å². The third-order valence-electron chi connectivity index (χ3n) is 6.66. The molecule has 0 radical (unpaired) electrons. The zero-order chi connectivity index (χ0) is 27.5. The van der Waals surface area contributed by atoms with Crippen LogP contribution in [-0.2, 0) is 9.59 Å². The van der Waals surface area contributed by atoms with Crippen molar-refractivity contribution in [2.45, 2.75) is 5.25 Å². The highest BCUT2D eigenvalue weighted by Gasteiger charge is 2.37. The fraction of sp³-hybridized carbons (Fsp3) is 0.129. The number of carbonyl (C=O) groups is 2. The summed E-state index contributed by atoms with van der Waals surface area (Å²) in [5.74, 6) is 1.10. The first-order chi connectivity index (χ1) is 19.6. The molecule has 2 aromatic heterocycles. The summed E-state index contributed by atoms with van der Waals surface area (Å²) in [6, 6.07) is 28.9. The average Bonchev–Trinajstić information content (AvgIpc) is 3.64. The number of carbonyl (C=O) groups excluding carboxylic acids is 2. The van der Waals surface area contributed by atoms with Crippen LogP contribution in [0, 0.1) is 0 Å². The zero-order valence-corrected chi connectivity index (χ0v) is 23.3. The van der Waals surface area contributed by atoms with Crippen LogP contribution < -0.4 is 15.0 Å². The maximum absolute atomic E-state index is 13.8. The van der Waals surface area contributed by atoms with E-state index in [9.17, 15) is 9.59 Å². The SMILES string of the molecule is COc1ccc(-n2nc(-c3ccccc3)c3c2N(CC(=O)Nc2ccccc2)C(=O)CS[C@H]3c2ccsc2)cc1. The molecule has 1 atom stereocenters. The number of amides is 2. The summed E-state index contributed by atoms with van der Waals surface area (Å²) >= 11 is 3.18. The van der Waals surface area contributed by atoms with E-state index < -0.39 is 0 Å². The number of ether oxygens (including phenoxy) is 1. The summed E-state index contributed by atoms with van der Waals surface area (Å²) in [6.45, 7) is -0.145. The maximum atomic E-state index is 13.8. The highest BCUT2D eigenvalue weighted by Crippen LogP contribution is 2.48. The van der Waals surface area contributed by atoms with Crippen molar-refractivity contribution in [1.82, 2.24) is 9.78 Å². The molecule has 1 N–H and O–H groups in total. The molecule has 0 bridgehead atoms. The summed E-state index contributed by atoms with van der Waals surface area (Å²) in [4.78, 5) is 28.7. The summed E-state index contributed by atoms with van der Waals surface area (Å²) < 4.78 is 7.16. The lowest BCUT2D eigenvalue weighted by Crippen LogP contribution is -2.40. The van der Waals surface area contributed by atoms with Gasteiger partial charge in [0.2, 0.25) is 11.8 Å². The van der Waals surface area contributed by atoms with Crippen molar-refractivity contribution >= 4 is 46.4 Å². The number of nitrogens with zero attached hydrogens (tertiary/aromatic N) is 3. The van der Waals surface area contributed by atoms with Gasteiger partial charge in [-0.15, -0.1) is 11.8 Å². The molecule has 40 heavy (non-hydrogen) atoms. The Kier molecular flexibility index (Phi) is 7.39. The number of rotatable bonds is 7. The number of nitrogens with one attached hydrogen (secondary N) is 1. The van der Waals surface area contributed by atoms with Crippen LogP contribution in [0.3, 0.4) is 0 Å². The van der Waals surface area contributed by atoms with Crippen molar-refractivity contribution < 1.29 is 14.3 Å². The predicted octanol–water partition coefficient (Wildman–Crippen LogP) is 6.42. The van der Waals surface area contributed by atoms with E-state index in [-0.39, 0.29) is 29.4 Å². The lowest BCUT2D eigenvalue weighted by Gasteiger charge is -2.23. The molecule has 6 rings (SSSR count). The molecule has 2 amide bonds. The topological polar surface area (TPSA) is 76.5 Å². The van der Waals surface area contributed by atoms with E-state index >= 15 is 0 Å². The molecule has 3 heterocycles. The highest BCUT2D eigenvalue weighted by molar-refractivity contribution is 8.00. The average molecular weight is 567 g/mol. The number of thioether (sulfide) groups is 1. The zero-order valence-electron chi connectivity index (χ0n) is 21.7. The number of para-hydroxylation sites is 1. The van der Waals surface area contributed by atoms with Crippen LogP contribution in [-0.4, -0.2) is 41.0 Å². The number of aromatic nitrogens is 2. The van der Waals surface area contributed by atoms with Crippen molar-refractivity contribution in [1.29, 1.82) is 0 Å². The largest absolute Gasteiger partial charge is 0.497 e. The van der Waals surface area contributed by atoms with Crippen LogP contribution in [0.4, 0.5) is 11.5 Å². The van der Waals surface area contributed by atoms with E-state index in [1.807, 2.05) is 90.3 Å². The van der Waals surface area contributed by atoms with Crippen molar-refractivity contribution in [2.75, 3.05) is 29.6 Å². The molecule has 0 saturated heterocycles. The van der Waals surface area contributed by atoms with Crippen LogP contribution in [0.25, 0.3) is 16.9 Å². The smallest absolute Gasteiger partial charge is 0.244 e. The first-order valence-electron chi connectivity index (χ1n) is 12.7. The Balaban J connectivity index is 1.54. The van der Waals surface area contributed by atoms with Gasteiger partial charge in [-0.2, -0.15) is 16.4 Å². The second kappa shape index (κ2) is 11.4. The highest BCUT2D eigenvalue weighted by atomic mass is 32.2. The molecule has 3 aromatic carbocycles. The van der Waals surface area contributed by atoms with Crippen LogP contribution in [0.2, 0.25) is 0 Å². The predicted molar refractivity (Wildman–Crippen MR) is 162 cm³/mol. The van der Waals surface area contributed by atoms with E-state index in [0.29, 0.717) is 17.3 Å². The monoisotopic (exact) mass is 566 g/mol. The minimum absolute atomic E-state index is 0.144. The number of hydrogen-bond donors (Lipinski definition) is 1. The fourth-order valence-electron chi connectivity index (χ4n) is 4.78. The second-order valence-corrected chi connectivity index (χ2v) is 11.1. The molecule has 200 valence electrons. The number of hydrogen-bond acceptors (Lipinski definition) is 6. The minimum Gasteiger partial charge on any atom is -0.497 e. The van der Waals surface area contributed by atoms with E-state index in [2.05, 4.69) is 16.8 Å². The first-order valence-corrected chi connectivity index (χ1v) is 14.7. The van der Waals surface area contributed by atoms with Crippen LogP contribution >= 0.6 is 23.1 Å². The number of anilines is 2. The molecule has 0 saturated carbocycles. The molecular weight excluding hydrogens is 541 g/mol. The number of fused-ring (bicyclic) bond motifs is 1. The molecule has 7 nitrogen and oxygen atoms in total.